The summed E-state index contributed by atoms with van der Waals surface area (Å²) in [5.74, 6) is 0.859. The number of rotatable bonds is 5. The molecule has 0 spiro atoms. The Hall–Kier alpha value is -2.34. The van der Waals surface area contributed by atoms with Crippen LogP contribution in [0.15, 0.2) is 52.0 Å². The molecule has 0 heterocycles. The zero-order valence-corrected chi connectivity index (χ0v) is 13.8. The number of carbonyl (C=O) groups is 1. The lowest BCUT2D eigenvalue weighted by Gasteiger charge is -2.09. The van der Waals surface area contributed by atoms with Gasteiger partial charge in [-0.15, -0.1) is 0 Å². The summed E-state index contributed by atoms with van der Waals surface area (Å²) in [6.45, 7) is 0. The van der Waals surface area contributed by atoms with Crippen LogP contribution in [-0.2, 0) is 0 Å². The molecule has 5 nitrogen and oxygen atoms in total. The summed E-state index contributed by atoms with van der Waals surface area (Å²) in [6, 6.07) is 12.5. The molecular weight excluding hydrogens is 348 g/mol. The van der Waals surface area contributed by atoms with E-state index in [4.69, 9.17) is 9.47 Å². The molecule has 1 N–H and O–H groups in total. The van der Waals surface area contributed by atoms with E-state index >= 15 is 0 Å². The smallest absolute Gasteiger partial charge is 0.272 e. The summed E-state index contributed by atoms with van der Waals surface area (Å²) >= 11 is 3.33. The van der Waals surface area contributed by atoms with E-state index in [2.05, 4.69) is 26.5 Å². The normalized spacial score (nSPS) is 10.5. The Kier molecular flexibility index (Phi) is 5.55. The van der Waals surface area contributed by atoms with Crippen molar-refractivity contribution >= 4 is 28.1 Å². The van der Waals surface area contributed by atoms with Crippen LogP contribution in [0.1, 0.15) is 15.9 Å². The first kappa shape index (κ1) is 16.0. The second kappa shape index (κ2) is 7.61. The molecule has 114 valence electrons. The maximum atomic E-state index is 12.0. The van der Waals surface area contributed by atoms with Gasteiger partial charge in [0.1, 0.15) is 0 Å². The van der Waals surface area contributed by atoms with Crippen molar-refractivity contribution in [3.05, 3.63) is 58.1 Å². The highest BCUT2D eigenvalue weighted by molar-refractivity contribution is 9.10. The molecule has 0 unspecified atom stereocenters. The highest BCUT2D eigenvalue weighted by atomic mass is 79.9. The maximum Gasteiger partial charge on any atom is 0.272 e. The minimum atomic E-state index is -0.300. The lowest BCUT2D eigenvalue weighted by Crippen LogP contribution is -2.18. The van der Waals surface area contributed by atoms with Gasteiger partial charge in [0.2, 0.25) is 0 Å². The van der Waals surface area contributed by atoms with E-state index in [-0.39, 0.29) is 5.91 Å². The number of carbonyl (C=O) groups excluding carboxylic acids is 1. The minimum Gasteiger partial charge on any atom is -0.493 e. The molecule has 0 saturated heterocycles. The summed E-state index contributed by atoms with van der Waals surface area (Å²) in [5, 5.41) is 3.96. The molecule has 1 amide bonds. The number of benzene rings is 2. The van der Waals surface area contributed by atoms with Gasteiger partial charge in [0.15, 0.2) is 11.5 Å². The summed E-state index contributed by atoms with van der Waals surface area (Å²) in [6.07, 6.45) is 1.51. The molecule has 0 saturated carbocycles. The third kappa shape index (κ3) is 3.65. The Morgan fingerprint density at radius 1 is 1.14 bits per heavy atom. The zero-order chi connectivity index (χ0) is 15.9. The van der Waals surface area contributed by atoms with Crippen LogP contribution in [0.2, 0.25) is 0 Å². The summed E-state index contributed by atoms with van der Waals surface area (Å²) in [7, 11) is 3.11. The monoisotopic (exact) mass is 362 g/mol. The van der Waals surface area contributed by atoms with Crippen molar-refractivity contribution in [2.45, 2.75) is 0 Å². The van der Waals surface area contributed by atoms with Crippen LogP contribution in [0.5, 0.6) is 11.5 Å². The molecule has 2 aromatic rings. The van der Waals surface area contributed by atoms with Gasteiger partial charge in [-0.25, -0.2) is 5.43 Å². The number of halogens is 1. The van der Waals surface area contributed by atoms with E-state index in [1.807, 2.05) is 18.2 Å². The van der Waals surface area contributed by atoms with Gasteiger partial charge in [-0.1, -0.05) is 18.2 Å². The maximum absolute atomic E-state index is 12.0. The second-order valence-electron chi connectivity index (χ2n) is 4.26. The predicted octanol–water partition coefficient (Wildman–Crippen LogP) is 3.23. The molecule has 2 aromatic carbocycles. The Bertz CT molecular complexity index is 702. The molecule has 0 fully saturated rings. The van der Waals surface area contributed by atoms with Crippen LogP contribution in [0.25, 0.3) is 0 Å². The van der Waals surface area contributed by atoms with Crippen molar-refractivity contribution in [1.29, 1.82) is 0 Å². The average Bonchev–Trinajstić information content (AvgIpc) is 2.54. The van der Waals surface area contributed by atoms with Crippen molar-refractivity contribution in [3.63, 3.8) is 0 Å². The first-order valence-corrected chi connectivity index (χ1v) is 7.25. The predicted molar refractivity (Wildman–Crippen MR) is 88.7 cm³/mol. The van der Waals surface area contributed by atoms with E-state index in [9.17, 15) is 4.79 Å². The van der Waals surface area contributed by atoms with Crippen molar-refractivity contribution in [3.8, 4) is 11.5 Å². The van der Waals surface area contributed by atoms with Crippen molar-refractivity contribution in [2.75, 3.05) is 14.2 Å². The highest BCUT2D eigenvalue weighted by Crippen LogP contribution is 2.29. The summed E-state index contributed by atoms with van der Waals surface area (Å²) in [4.78, 5) is 12.0. The molecule has 0 aliphatic carbocycles. The number of nitrogens with one attached hydrogen (secondary N) is 1. The van der Waals surface area contributed by atoms with Crippen molar-refractivity contribution in [2.24, 2.45) is 5.10 Å². The lowest BCUT2D eigenvalue weighted by molar-refractivity contribution is 0.0954. The fourth-order valence-electron chi connectivity index (χ4n) is 1.88. The van der Waals surface area contributed by atoms with Crippen LogP contribution >= 0.6 is 15.9 Å². The number of amides is 1. The molecule has 0 aliphatic rings. The topological polar surface area (TPSA) is 59.9 Å². The van der Waals surface area contributed by atoms with Gasteiger partial charge in [-0.3, -0.25) is 4.79 Å². The van der Waals surface area contributed by atoms with Crippen LogP contribution in [0.3, 0.4) is 0 Å². The van der Waals surface area contributed by atoms with E-state index in [1.165, 1.54) is 6.21 Å². The van der Waals surface area contributed by atoms with Gasteiger partial charge in [-0.2, -0.15) is 5.10 Å². The van der Waals surface area contributed by atoms with E-state index in [0.29, 0.717) is 27.1 Å². The van der Waals surface area contributed by atoms with Crippen molar-refractivity contribution < 1.29 is 14.3 Å². The van der Waals surface area contributed by atoms with Gasteiger partial charge in [0, 0.05) is 10.0 Å². The first-order chi connectivity index (χ1) is 10.7. The molecule has 2 rings (SSSR count). The Morgan fingerprint density at radius 2 is 1.91 bits per heavy atom. The second-order valence-corrected chi connectivity index (χ2v) is 5.12. The molecular formula is C16H15BrN2O3. The molecule has 0 bridgehead atoms. The number of para-hydroxylation sites is 1. The van der Waals surface area contributed by atoms with Gasteiger partial charge in [0.25, 0.3) is 5.91 Å². The zero-order valence-electron chi connectivity index (χ0n) is 12.2. The highest BCUT2D eigenvalue weighted by Gasteiger charge is 2.09. The van der Waals surface area contributed by atoms with Crippen LogP contribution in [0.4, 0.5) is 0 Å². The Labute approximate surface area is 137 Å². The first-order valence-electron chi connectivity index (χ1n) is 6.46. The Morgan fingerprint density at radius 3 is 2.59 bits per heavy atom. The van der Waals surface area contributed by atoms with Gasteiger partial charge in [-0.05, 0) is 40.2 Å². The van der Waals surface area contributed by atoms with Gasteiger partial charge in [0.05, 0.1) is 26.0 Å². The largest absolute Gasteiger partial charge is 0.493 e. The van der Waals surface area contributed by atoms with Crippen LogP contribution in [0, 0.1) is 0 Å². The van der Waals surface area contributed by atoms with Crippen LogP contribution in [-0.4, -0.2) is 26.3 Å². The quantitative estimate of drug-likeness (QED) is 0.656. The minimum absolute atomic E-state index is 0.300. The summed E-state index contributed by atoms with van der Waals surface area (Å²) < 4.78 is 11.2. The van der Waals surface area contributed by atoms with E-state index < -0.39 is 0 Å². The molecule has 0 aliphatic heterocycles. The molecule has 22 heavy (non-hydrogen) atoms. The summed E-state index contributed by atoms with van der Waals surface area (Å²) in [5.41, 5.74) is 3.70. The number of hydrogen-bond acceptors (Lipinski definition) is 4. The SMILES string of the molecule is COc1cccc(/C=N/NC(=O)c2ccccc2Br)c1OC. The number of hydrazone groups is 1. The van der Waals surface area contributed by atoms with Gasteiger partial charge < -0.3 is 9.47 Å². The Balaban J connectivity index is 2.13. The molecule has 0 aromatic heterocycles. The lowest BCUT2D eigenvalue weighted by atomic mass is 10.2. The number of methoxy groups -OCH3 is 2. The third-order valence-electron chi connectivity index (χ3n) is 2.92. The van der Waals surface area contributed by atoms with E-state index in [1.54, 1.807) is 38.5 Å². The standard InChI is InChI=1S/C16H15BrN2O3/c1-21-14-9-5-6-11(15(14)22-2)10-18-19-16(20)12-7-3-4-8-13(12)17/h3-10H,1-2H3,(H,19,20)/b18-10+. The fraction of sp³-hybridized carbons (Fsp3) is 0.125. The average molecular weight is 363 g/mol. The fourth-order valence-corrected chi connectivity index (χ4v) is 2.34. The number of nitrogens with zero attached hydrogens (tertiary/aromatic N) is 1. The van der Waals surface area contributed by atoms with E-state index in [0.717, 1.165) is 0 Å². The number of hydrogen-bond donors (Lipinski definition) is 1. The molecule has 0 atom stereocenters. The third-order valence-corrected chi connectivity index (χ3v) is 3.61. The van der Waals surface area contributed by atoms with Gasteiger partial charge >= 0.3 is 0 Å². The number of ether oxygens (including phenoxy) is 2. The van der Waals surface area contributed by atoms with Crippen molar-refractivity contribution in [1.82, 2.24) is 5.43 Å². The molecule has 6 heteroatoms. The molecule has 0 radical (unpaired) electrons. The van der Waals surface area contributed by atoms with Crippen LogP contribution < -0.4 is 14.9 Å².